The van der Waals surface area contributed by atoms with Gasteiger partial charge in [0.15, 0.2) is 5.17 Å². The minimum absolute atomic E-state index is 0.0988. The maximum absolute atomic E-state index is 12.7. The molecule has 0 radical (unpaired) electrons. The molecule has 0 spiro atoms. The highest BCUT2D eigenvalue weighted by molar-refractivity contribution is 8.18. The summed E-state index contributed by atoms with van der Waals surface area (Å²) in [5.74, 6) is 0.00807. The lowest BCUT2D eigenvalue weighted by atomic mass is 10.1. The molecule has 5 nitrogen and oxygen atoms in total. The molecule has 1 amide bonds. The third kappa shape index (κ3) is 3.13. The molecule has 0 unspecified atom stereocenters. The maximum atomic E-state index is 12.7. The van der Waals surface area contributed by atoms with Crippen molar-refractivity contribution in [2.45, 2.75) is 6.92 Å². The molecule has 0 saturated carbocycles. The minimum atomic E-state index is -0.0988. The summed E-state index contributed by atoms with van der Waals surface area (Å²) in [6, 6.07) is 13.4. The Hall–Kier alpha value is -2.99. The van der Waals surface area contributed by atoms with Gasteiger partial charge in [0.05, 0.1) is 4.91 Å². The first-order valence-corrected chi connectivity index (χ1v) is 9.35. The Labute approximate surface area is 161 Å². The number of aromatic nitrogens is 1. The number of hydrogen-bond acceptors (Lipinski definition) is 4. The average Bonchev–Trinajstić information content (AvgIpc) is 3.10. The lowest BCUT2D eigenvalue weighted by molar-refractivity contribution is -0.121. The van der Waals surface area contributed by atoms with Gasteiger partial charge in [0, 0.05) is 36.8 Å². The van der Waals surface area contributed by atoms with Crippen LogP contribution in [0, 0.1) is 6.92 Å². The van der Waals surface area contributed by atoms with Crippen LogP contribution in [0.15, 0.2) is 58.6 Å². The molecule has 0 bridgehead atoms. The molecule has 1 aromatic heterocycles. The Morgan fingerprint density at radius 3 is 2.70 bits per heavy atom. The molecule has 1 aliphatic rings. The van der Waals surface area contributed by atoms with E-state index in [0.717, 1.165) is 22.0 Å². The van der Waals surface area contributed by atoms with Gasteiger partial charge < -0.3 is 9.67 Å². The van der Waals surface area contributed by atoms with Crippen LogP contribution in [0.4, 0.5) is 5.69 Å². The number of carbonyl (C=O) groups excluding carboxylic acids is 1. The molecule has 136 valence electrons. The number of fused-ring (bicyclic) bond motifs is 1. The number of phenolic OH excluding ortho intramolecular Hbond substituents is 1. The van der Waals surface area contributed by atoms with Gasteiger partial charge in [-0.3, -0.25) is 9.69 Å². The van der Waals surface area contributed by atoms with Gasteiger partial charge in [-0.1, -0.05) is 24.3 Å². The fourth-order valence-electron chi connectivity index (χ4n) is 3.11. The van der Waals surface area contributed by atoms with E-state index >= 15 is 0 Å². The number of likely N-dealkylation sites (N-methyl/N-ethyl adjacent to an activating group) is 1. The van der Waals surface area contributed by atoms with E-state index in [1.54, 1.807) is 19.2 Å². The van der Waals surface area contributed by atoms with Gasteiger partial charge in [-0.05, 0) is 48.5 Å². The number of nitrogens with zero attached hydrogens (tertiary/aromatic N) is 3. The number of amidine groups is 1. The van der Waals surface area contributed by atoms with Crippen molar-refractivity contribution >= 4 is 45.5 Å². The number of hydrogen-bond donors (Lipinski definition) is 1. The first-order chi connectivity index (χ1) is 12.9. The summed E-state index contributed by atoms with van der Waals surface area (Å²) in [5.41, 5.74) is 3.52. The number of aliphatic imine (C=N–C) groups is 1. The summed E-state index contributed by atoms with van der Waals surface area (Å²) in [6.45, 7) is 1.90. The third-order valence-electron chi connectivity index (χ3n) is 4.56. The van der Waals surface area contributed by atoms with Crippen molar-refractivity contribution < 1.29 is 9.90 Å². The van der Waals surface area contributed by atoms with E-state index in [-0.39, 0.29) is 11.7 Å². The molecule has 27 heavy (non-hydrogen) atoms. The van der Waals surface area contributed by atoms with Crippen molar-refractivity contribution in [3.8, 4) is 5.75 Å². The molecule has 1 saturated heterocycles. The van der Waals surface area contributed by atoms with E-state index in [1.807, 2.05) is 44.4 Å². The van der Waals surface area contributed by atoms with E-state index < -0.39 is 0 Å². The van der Waals surface area contributed by atoms with Crippen molar-refractivity contribution in [3.05, 3.63) is 64.7 Å². The minimum Gasteiger partial charge on any atom is -0.506 e. The van der Waals surface area contributed by atoms with E-state index in [9.17, 15) is 9.90 Å². The van der Waals surface area contributed by atoms with Gasteiger partial charge in [-0.25, -0.2) is 4.99 Å². The van der Waals surface area contributed by atoms with Crippen LogP contribution in [-0.4, -0.2) is 32.7 Å². The number of carbonyl (C=O) groups is 1. The second-order valence-corrected chi connectivity index (χ2v) is 7.58. The van der Waals surface area contributed by atoms with Gasteiger partial charge in [-0.15, -0.1) is 0 Å². The van der Waals surface area contributed by atoms with E-state index in [1.165, 1.54) is 16.7 Å². The van der Waals surface area contributed by atoms with E-state index in [2.05, 4.69) is 21.7 Å². The Morgan fingerprint density at radius 2 is 1.93 bits per heavy atom. The molecule has 6 heteroatoms. The quantitative estimate of drug-likeness (QED) is 0.672. The first kappa shape index (κ1) is 17.4. The number of aromatic hydroxyl groups is 1. The molecule has 2 aromatic carbocycles. The Morgan fingerprint density at radius 1 is 1.15 bits per heavy atom. The van der Waals surface area contributed by atoms with E-state index in [4.69, 9.17) is 0 Å². The van der Waals surface area contributed by atoms with Crippen LogP contribution in [-0.2, 0) is 11.8 Å². The van der Waals surface area contributed by atoms with Crippen LogP contribution >= 0.6 is 11.8 Å². The molecule has 2 heterocycles. The summed E-state index contributed by atoms with van der Waals surface area (Å²) < 4.78 is 2.05. The lowest BCUT2D eigenvalue weighted by Gasteiger charge is -2.08. The first-order valence-electron chi connectivity index (χ1n) is 8.54. The highest BCUT2D eigenvalue weighted by Crippen LogP contribution is 2.36. The number of thioether (sulfide) groups is 1. The second kappa shape index (κ2) is 6.63. The normalized spacial score (nSPS) is 17.6. The molecule has 1 fully saturated rings. The topological polar surface area (TPSA) is 57.8 Å². The molecule has 0 aliphatic carbocycles. The maximum Gasteiger partial charge on any atom is 0.266 e. The van der Waals surface area contributed by atoms with Gasteiger partial charge in [0.25, 0.3) is 5.91 Å². The Bertz CT molecular complexity index is 1130. The van der Waals surface area contributed by atoms with E-state index in [0.29, 0.717) is 15.8 Å². The number of phenols is 1. The predicted octanol–water partition coefficient (Wildman–Crippen LogP) is 4.43. The van der Waals surface area contributed by atoms with Gasteiger partial charge in [0.1, 0.15) is 11.4 Å². The summed E-state index contributed by atoms with van der Waals surface area (Å²) in [4.78, 5) is 19.3. The van der Waals surface area contributed by atoms with Crippen LogP contribution in [0.1, 0.15) is 11.1 Å². The zero-order valence-electron chi connectivity index (χ0n) is 15.3. The molecule has 0 atom stereocenters. The molecular formula is C21H19N3O2S. The fourth-order valence-corrected chi connectivity index (χ4v) is 4.08. The fraction of sp³-hybridized carbons (Fsp3) is 0.143. The zero-order valence-corrected chi connectivity index (χ0v) is 16.1. The summed E-state index contributed by atoms with van der Waals surface area (Å²) >= 11 is 1.31. The largest absolute Gasteiger partial charge is 0.506 e. The van der Waals surface area contributed by atoms with Crippen LogP contribution in [0.2, 0.25) is 0 Å². The zero-order chi connectivity index (χ0) is 19.1. The molecule has 3 aromatic rings. The number of amides is 1. The average molecular weight is 377 g/mol. The van der Waals surface area contributed by atoms with Crippen molar-refractivity contribution in [1.29, 1.82) is 0 Å². The standard InChI is InChI=1S/C21H19N3O2S/c1-13-8-9-16(18(25)10-13)22-21-24(3)20(26)19(27-21)11-14-12-23(2)17-7-5-4-6-15(14)17/h4-12,25H,1-3H3/b19-11-,22-21?. The number of rotatable bonds is 2. The van der Waals surface area contributed by atoms with Gasteiger partial charge in [0.2, 0.25) is 0 Å². The highest BCUT2D eigenvalue weighted by atomic mass is 32.2. The SMILES string of the molecule is Cc1ccc(N=C2S/C(=C\c3cn(C)c4ccccc34)C(=O)N2C)c(O)c1. The monoisotopic (exact) mass is 377 g/mol. The number of para-hydroxylation sites is 1. The van der Waals surface area contributed by atoms with Crippen molar-refractivity contribution in [2.75, 3.05) is 7.05 Å². The molecular weight excluding hydrogens is 358 g/mol. The van der Waals surface area contributed by atoms with Crippen molar-refractivity contribution in [2.24, 2.45) is 12.0 Å². The molecule has 1 aliphatic heterocycles. The van der Waals surface area contributed by atoms with Crippen LogP contribution < -0.4 is 0 Å². The van der Waals surface area contributed by atoms with Gasteiger partial charge >= 0.3 is 0 Å². The van der Waals surface area contributed by atoms with Crippen molar-refractivity contribution in [1.82, 2.24) is 9.47 Å². The Kier molecular flexibility index (Phi) is 4.28. The molecule has 1 N–H and O–H groups in total. The predicted molar refractivity (Wildman–Crippen MR) is 111 cm³/mol. The van der Waals surface area contributed by atoms with Gasteiger partial charge in [-0.2, -0.15) is 0 Å². The lowest BCUT2D eigenvalue weighted by Crippen LogP contribution is -2.23. The summed E-state index contributed by atoms with van der Waals surface area (Å²) in [6.07, 6.45) is 3.93. The molecule has 4 rings (SSSR count). The van der Waals surface area contributed by atoms with Crippen LogP contribution in [0.3, 0.4) is 0 Å². The smallest absolute Gasteiger partial charge is 0.266 e. The van der Waals surface area contributed by atoms with Crippen LogP contribution in [0.5, 0.6) is 5.75 Å². The number of benzene rings is 2. The third-order valence-corrected chi connectivity index (χ3v) is 5.63. The summed E-state index contributed by atoms with van der Waals surface area (Å²) in [7, 11) is 3.69. The van der Waals surface area contributed by atoms with Crippen LogP contribution in [0.25, 0.3) is 17.0 Å². The van der Waals surface area contributed by atoms with Crippen molar-refractivity contribution in [3.63, 3.8) is 0 Å². The second-order valence-electron chi connectivity index (χ2n) is 6.57. The highest BCUT2D eigenvalue weighted by Gasteiger charge is 2.30. The summed E-state index contributed by atoms with van der Waals surface area (Å²) in [5, 5.41) is 11.7. The Balaban J connectivity index is 1.72. The number of aryl methyl sites for hydroxylation is 2.